The molecule has 4 aliphatic heterocycles. The highest BCUT2D eigenvalue weighted by Crippen LogP contribution is 2.37. The summed E-state index contributed by atoms with van der Waals surface area (Å²) in [5, 5.41) is 138. The molecule has 16 N–H and O–H groups in total. The van der Waals surface area contributed by atoms with Gasteiger partial charge in [0, 0.05) is 38.1 Å². The molecule has 6 rings (SSSR count). The lowest BCUT2D eigenvalue weighted by Gasteiger charge is -2.47. The first-order valence-corrected chi connectivity index (χ1v) is 23.4. The molecule has 0 saturated carbocycles. The van der Waals surface area contributed by atoms with Crippen LogP contribution in [0.25, 0.3) is 11.1 Å². The zero-order chi connectivity index (χ0) is 52.9. The molecule has 26 nitrogen and oxygen atoms in total. The van der Waals surface area contributed by atoms with Crippen LogP contribution in [0.1, 0.15) is 38.8 Å². The number of benzene rings is 2. The van der Waals surface area contributed by atoms with Gasteiger partial charge < -0.3 is 111 Å². The van der Waals surface area contributed by atoms with Gasteiger partial charge in [0.15, 0.2) is 24.8 Å². The zero-order valence-electron chi connectivity index (χ0n) is 39.7. The number of rotatable bonds is 17. The van der Waals surface area contributed by atoms with Gasteiger partial charge in [-0.05, 0) is 62.1 Å². The minimum Gasteiger partial charge on any atom is -0.507 e. The van der Waals surface area contributed by atoms with Gasteiger partial charge >= 0.3 is 0 Å². The zero-order valence-corrected chi connectivity index (χ0v) is 39.7. The second kappa shape index (κ2) is 24.5. The number of hydrogen-bond acceptors (Lipinski definition) is 22. The largest absolute Gasteiger partial charge is 0.507 e. The summed E-state index contributed by atoms with van der Waals surface area (Å²) in [6, 6.07) is 6.87. The summed E-state index contributed by atoms with van der Waals surface area (Å²) < 4.78 is 34.1. The van der Waals surface area contributed by atoms with Crippen LogP contribution in [-0.2, 0) is 60.4 Å². The predicted molar refractivity (Wildman–Crippen MR) is 242 cm³/mol. The van der Waals surface area contributed by atoms with E-state index < -0.39 is 159 Å². The third-order valence-electron chi connectivity index (χ3n) is 13.1. The molecule has 4 saturated heterocycles. The molecule has 4 aliphatic rings. The molecule has 4 heterocycles. The van der Waals surface area contributed by atoms with E-state index in [0.717, 1.165) is 0 Å². The molecule has 2 aromatic carbocycles. The third-order valence-corrected chi connectivity index (χ3v) is 13.1. The molecule has 20 atom stereocenters. The number of carbonyl (C=O) groups is 4. The molecular formula is C46H66N4O22. The van der Waals surface area contributed by atoms with Crippen LogP contribution in [-0.4, -0.2) is 234 Å². The summed E-state index contributed by atoms with van der Waals surface area (Å²) in [6.07, 6.45) is -28.4. The number of amides is 4. The average Bonchev–Trinajstić information content (AvgIpc) is 3.33. The van der Waals surface area contributed by atoms with Crippen LogP contribution < -0.4 is 21.3 Å². The summed E-state index contributed by atoms with van der Waals surface area (Å²) >= 11 is 0. The van der Waals surface area contributed by atoms with Crippen molar-refractivity contribution in [2.24, 2.45) is 0 Å². The highest BCUT2D eigenvalue weighted by molar-refractivity contribution is 5.82. The van der Waals surface area contributed by atoms with E-state index in [1.165, 1.54) is 26.0 Å². The lowest BCUT2D eigenvalue weighted by molar-refractivity contribution is -0.323. The highest BCUT2D eigenvalue weighted by Gasteiger charge is 2.53. The van der Waals surface area contributed by atoms with Crippen LogP contribution >= 0.6 is 0 Å². The molecule has 4 fully saturated rings. The Bertz CT molecular complexity index is 2040. The minimum atomic E-state index is -1.96. The second-order valence-corrected chi connectivity index (χ2v) is 18.3. The Labute approximate surface area is 412 Å². The Kier molecular flexibility index (Phi) is 19.3. The van der Waals surface area contributed by atoms with Crippen molar-refractivity contribution < 1.29 is 109 Å². The number of nitrogens with one attached hydrogen (secondary N) is 4. The summed E-state index contributed by atoms with van der Waals surface area (Å²) in [5.41, 5.74) is 1.46. The maximum atomic E-state index is 13.4. The van der Waals surface area contributed by atoms with E-state index in [0.29, 0.717) is 11.1 Å². The van der Waals surface area contributed by atoms with Crippen LogP contribution in [0.5, 0.6) is 11.5 Å². The molecule has 0 spiro atoms. The molecule has 26 heteroatoms. The third kappa shape index (κ3) is 12.8. The standard InChI is InChI=1S/C46H66N4O22/c1-17-29(49-19(3)53)39(31(57)27(15-51)67-17)69-45-37(63)33(59)35(61)41(71-45)43(65)47-11-9-21-5-7-25(55)23(13-21)24-14-22(6-8-26(24)56)10-12-48-44(66)42-36(62)34(60)38(64)46(72-42)70-40-30(50-20(4)54)18(2)68-28(16-52)32(40)58/h5-8,13-14,17-18,27-42,45-46,51-52,55-64H,9-12,15-16H2,1-4H3,(H,47,65)(H,48,66)(H,49,53)(H,50,54). The van der Waals surface area contributed by atoms with E-state index in [9.17, 15) is 80.5 Å². The first-order valence-electron chi connectivity index (χ1n) is 23.4. The summed E-state index contributed by atoms with van der Waals surface area (Å²) in [5.74, 6) is -3.33. The number of aromatic hydroxyl groups is 2. The number of aliphatic hydroxyl groups excluding tert-OH is 10. The van der Waals surface area contributed by atoms with Crippen LogP contribution in [0.15, 0.2) is 36.4 Å². The molecule has 4 amide bonds. The number of phenols is 2. The van der Waals surface area contributed by atoms with Crippen molar-refractivity contribution >= 4 is 23.6 Å². The maximum Gasteiger partial charge on any atom is 0.252 e. The van der Waals surface area contributed by atoms with Crippen LogP contribution in [0.2, 0.25) is 0 Å². The number of ether oxygens (including phenoxy) is 6. The second-order valence-electron chi connectivity index (χ2n) is 18.3. The lowest BCUT2D eigenvalue weighted by atomic mass is 9.92. The van der Waals surface area contributed by atoms with E-state index in [1.807, 2.05) is 0 Å². The number of phenolic OH excluding ortho intramolecular Hbond substituents is 2. The van der Waals surface area contributed by atoms with Crippen molar-refractivity contribution in [3.63, 3.8) is 0 Å². The highest BCUT2D eigenvalue weighted by atomic mass is 16.7. The quantitative estimate of drug-likeness (QED) is 0.0701. The smallest absolute Gasteiger partial charge is 0.252 e. The lowest BCUT2D eigenvalue weighted by Crippen LogP contribution is -2.67. The SMILES string of the molecule is CC(=O)NC1C(C)OC(CO)C(O)C1OC1OC(C(=O)NCCc2ccc(O)c(-c3cc(CCNC(=O)C4OC(OC5C(O)C(CO)OC(C)C5NC(C)=O)C(O)C(O)C4O)ccc3O)c2)C(O)C(O)C1O. The molecule has 0 aliphatic carbocycles. The van der Waals surface area contributed by atoms with Gasteiger partial charge in [0.2, 0.25) is 11.8 Å². The van der Waals surface area contributed by atoms with Gasteiger partial charge in [-0.25, -0.2) is 0 Å². The van der Waals surface area contributed by atoms with E-state index >= 15 is 0 Å². The minimum absolute atomic E-state index is 0.0920. The van der Waals surface area contributed by atoms with E-state index in [-0.39, 0.29) is 48.6 Å². The maximum absolute atomic E-state index is 13.4. The van der Waals surface area contributed by atoms with Crippen molar-refractivity contribution in [3.05, 3.63) is 47.5 Å². The predicted octanol–water partition coefficient (Wildman–Crippen LogP) is -6.24. The fourth-order valence-corrected chi connectivity index (χ4v) is 9.20. The Morgan fingerprint density at radius 3 is 1.22 bits per heavy atom. The number of aliphatic hydroxyl groups is 10. The first-order chi connectivity index (χ1) is 34.1. The Balaban J connectivity index is 1.06. The van der Waals surface area contributed by atoms with Crippen molar-refractivity contribution in [1.82, 2.24) is 21.3 Å². The Morgan fingerprint density at radius 1 is 0.528 bits per heavy atom. The normalized spacial score (nSPS) is 37.0. The number of hydrogen-bond donors (Lipinski definition) is 16. The van der Waals surface area contributed by atoms with E-state index in [4.69, 9.17) is 28.4 Å². The summed E-state index contributed by atoms with van der Waals surface area (Å²) in [4.78, 5) is 50.7. The van der Waals surface area contributed by atoms with Gasteiger partial charge in [0.25, 0.3) is 11.8 Å². The molecule has 402 valence electrons. The molecule has 0 aromatic heterocycles. The summed E-state index contributed by atoms with van der Waals surface area (Å²) in [7, 11) is 0. The molecule has 0 bridgehead atoms. The Morgan fingerprint density at radius 2 is 0.889 bits per heavy atom. The fraction of sp³-hybridized carbons (Fsp3) is 0.652. The van der Waals surface area contributed by atoms with Crippen LogP contribution in [0, 0.1) is 0 Å². The van der Waals surface area contributed by atoms with Crippen molar-refractivity contribution in [1.29, 1.82) is 0 Å². The van der Waals surface area contributed by atoms with Crippen LogP contribution in [0.4, 0.5) is 0 Å². The van der Waals surface area contributed by atoms with Gasteiger partial charge in [-0.2, -0.15) is 0 Å². The number of carbonyl (C=O) groups excluding carboxylic acids is 4. The van der Waals surface area contributed by atoms with Crippen molar-refractivity contribution in [2.45, 2.75) is 163 Å². The van der Waals surface area contributed by atoms with Gasteiger partial charge in [0.05, 0.1) is 37.5 Å². The van der Waals surface area contributed by atoms with Gasteiger partial charge in [-0.3, -0.25) is 19.2 Å². The van der Waals surface area contributed by atoms with Crippen molar-refractivity contribution in [3.8, 4) is 22.6 Å². The van der Waals surface area contributed by atoms with Crippen molar-refractivity contribution in [2.75, 3.05) is 26.3 Å². The summed E-state index contributed by atoms with van der Waals surface area (Å²) in [6.45, 7) is 4.06. The van der Waals surface area contributed by atoms with E-state index in [1.54, 1.807) is 38.1 Å². The molecule has 72 heavy (non-hydrogen) atoms. The monoisotopic (exact) mass is 1030 g/mol. The van der Waals surface area contributed by atoms with Gasteiger partial charge in [-0.15, -0.1) is 0 Å². The molecular weight excluding hydrogens is 961 g/mol. The Hall–Kier alpha value is -4.72. The molecule has 0 radical (unpaired) electrons. The molecule has 2 aromatic rings. The molecule has 20 unspecified atom stereocenters. The fourth-order valence-electron chi connectivity index (χ4n) is 9.20. The average molecular weight is 1030 g/mol. The first kappa shape index (κ1) is 56.6. The van der Waals surface area contributed by atoms with Crippen LogP contribution in [0.3, 0.4) is 0 Å². The van der Waals surface area contributed by atoms with E-state index in [2.05, 4.69) is 21.3 Å². The van der Waals surface area contributed by atoms with Gasteiger partial charge in [0.1, 0.15) is 84.7 Å². The topological polar surface area (TPSA) is 415 Å². The van der Waals surface area contributed by atoms with Gasteiger partial charge in [-0.1, -0.05) is 12.1 Å².